The maximum atomic E-state index is 13.4. The number of piperidine rings is 1. The summed E-state index contributed by atoms with van der Waals surface area (Å²) in [6.07, 6.45) is 7.27. The first-order valence-corrected chi connectivity index (χ1v) is 15.1. The lowest BCUT2D eigenvalue weighted by Crippen LogP contribution is -2.53. The zero-order valence-electron chi connectivity index (χ0n) is 21.2. The number of amides is 2. The lowest BCUT2D eigenvalue weighted by atomic mass is 9.91. The molecule has 2 fully saturated rings. The normalized spacial score (nSPS) is 24.9. The van der Waals surface area contributed by atoms with E-state index in [1.807, 2.05) is 0 Å². The zero-order valence-corrected chi connectivity index (χ0v) is 22.0. The van der Waals surface area contributed by atoms with Crippen LogP contribution in [0.5, 0.6) is 0 Å². The number of furan rings is 1. The Morgan fingerprint density at radius 2 is 1.63 bits per heavy atom. The van der Waals surface area contributed by atoms with Crippen LogP contribution in [-0.2, 0) is 21.4 Å². The molecule has 4 heterocycles. The molecule has 6 rings (SSSR count). The lowest BCUT2D eigenvalue weighted by Gasteiger charge is -2.37. The van der Waals surface area contributed by atoms with Gasteiger partial charge < -0.3 is 9.25 Å². The molecule has 1 saturated carbocycles. The molecule has 38 heavy (non-hydrogen) atoms. The molecule has 1 saturated heterocycles. The van der Waals surface area contributed by atoms with Crippen LogP contribution >= 0.6 is 0 Å². The summed E-state index contributed by atoms with van der Waals surface area (Å²) >= 11 is 0. The molecule has 2 amide bonds. The molecule has 1 aromatic heterocycles. The fraction of sp³-hybridized carbons (Fsp3) is 0.519. The topological polar surface area (TPSA) is 122 Å². The van der Waals surface area contributed by atoms with Gasteiger partial charge in [-0.3, -0.25) is 14.5 Å². The summed E-state index contributed by atoms with van der Waals surface area (Å²) in [5.74, 6) is 0.703. The number of hydrogen-bond acceptors (Lipinski definition) is 8. The van der Waals surface area contributed by atoms with Crippen molar-refractivity contribution in [3.05, 3.63) is 59.0 Å². The summed E-state index contributed by atoms with van der Waals surface area (Å²) in [5.41, 5.74) is 3.67. The van der Waals surface area contributed by atoms with Crippen molar-refractivity contribution in [2.45, 2.75) is 70.1 Å². The summed E-state index contributed by atoms with van der Waals surface area (Å²) in [6.45, 7) is 0.486. The highest BCUT2D eigenvalue weighted by Gasteiger charge is 2.41. The van der Waals surface area contributed by atoms with Crippen molar-refractivity contribution < 1.29 is 27.3 Å². The molecule has 1 unspecified atom stereocenters. The Hall–Kier alpha value is -3.02. The summed E-state index contributed by atoms with van der Waals surface area (Å²) in [6, 6.07) is 9.76. The molecule has 0 spiro atoms. The fourth-order valence-corrected chi connectivity index (χ4v) is 8.19. The number of imide groups is 1. The average molecular weight is 541 g/mol. The number of nitrogens with one attached hydrogen (secondary N) is 1. The number of rotatable bonds is 7. The number of hydroxylamine groups is 1. The van der Waals surface area contributed by atoms with Gasteiger partial charge in [-0.2, -0.15) is 4.31 Å². The lowest BCUT2D eigenvalue weighted by molar-refractivity contribution is 0.0631. The van der Waals surface area contributed by atoms with Crippen molar-refractivity contribution in [1.29, 1.82) is 0 Å². The third kappa shape index (κ3) is 4.78. The third-order valence-electron chi connectivity index (χ3n) is 7.99. The summed E-state index contributed by atoms with van der Waals surface area (Å²) < 4.78 is 34.3. The predicted molar refractivity (Wildman–Crippen MR) is 139 cm³/mol. The molecule has 2 atom stereocenters. The van der Waals surface area contributed by atoms with Gasteiger partial charge in [0.05, 0.1) is 29.5 Å². The van der Waals surface area contributed by atoms with Crippen LogP contribution in [-0.4, -0.2) is 59.8 Å². The van der Waals surface area contributed by atoms with Crippen LogP contribution in [0.1, 0.15) is 83.6 Å². The average Bonchev–Trinajstić information content (AvgIpc) is 3.66. The highest BCUT2D eigenvalue weighted by molar-refractivity contribution is 7.89. The number of sulfonamides is 1. The van der Waals surface area contributed by atoms with E-state index in [0.717, 1.165) is 43.4 Å². The molecule has 1 N–H and O–H groups in total. The van der Waals surface area contributed by atoms with Gasteiger partial charge in [-0.25, -0.2) is 13.4 Å². The number of carbonyl (C=O) groups excluding carboxylic acids is 2. The molecule has 3 aliphatic heterocycles. The molecule has 0 radical (unpaired) electrons. The Morgan fingerprint density at radius 3 is 2.37 bits per heavy atom. The van der Waals surface area contributed by atoms with E-state index < -0.39 is 16.2 Å². The molecule has 11 heteroatoms. The first-order chi connectivity index (χ1) is 18.4. The molecule has 10 nitrogen and oxygen atoms in total. The van der Waals surface area contributed by atoms with E-state index in [1.165, 1.54) is 6.42 Å². The van der Waals surface area contributed by atoms with Crippen molar-refractivity contribution in [3.8, 4) is 0 Å². The number of hydrogen-bond donors (Lipinski definition) is 1. The SMILES string of the molecule is O=C1c2ccccc2C(=O)N1Cc1ccc(C2=NC([C@@H]3CCCCN3S(=O)(=O)CC3CCCCC3)NO2)o1. The Labute approximate surface area is 222 Å². The second-order valence-corrected chi connectivity index (χ2v) is 12.5. The highest BCUT2D eigenvalue weighted by atomic mass is 32.2. The Bertz CT molecular complexity index is 1330. The van der Waals surface area contributed by atoms with E-state index >= 15 is 0 Å². The van der Waals surface area contributed by atoms with Gasteiger partial charge >= 0.3 is 0 Å². The van der Waals surface area contributed by atoms with E-state index in [0.29, 0.717) is 35.6 Å². The van der Waals surface area contributed by atoms with Gasteiger partial charge in [0.15, 0.2) is 11.9 Å². The minimum absolute atomic E-state index is 0.00764. The van der Waals surface area contributed by atoms with Crippen LogP contribution in [0, 0.1) is 5.92 Å². The van der Waals surface area contributed by atoms with Gasteiger partial charge in [0.25, 0.3) is 17.7 Å². The number of benzene rings is 1. The summed E-state index contributed by atoms with van der Waals surface area (Å²) in [4.78, 5) is 36.8. The van der Waals surface area contributed by atoms with E-state index in [-0.39, 0.29) is 42.0 Å². The summed E-state index contributed by atoms with van der Waals surface area (Å²) in [5, 5.41) is 0. The van der Waals surface area contributed by atoms with E-state index in [2.05, 4.69) is 10.5 Å². The third-order valence-corrected chi connectivity index (χ3v) is 10.0. The number of aliphatic imine (C=N–C) groups is 1. The fourth-order valence-electron chi connectivity index (χ4n) is 6.03. The van der Waals surface area contributed by atoms with Crippen molar-refractivity contribution in [2.24, 2.45) is 10.9 Å². The van der Waals surface area contributed by atoms with Gasteiger partial charge in [-0.05, 0) is 55.9 Å². The van der Waals surface area contributed by atoms with Crippen LogP contribution in [0.3, 0.4) is 0 Å². The number of carbonyl (C=O) groups is 2. The van der Waals surface area contributed by atoms with Crippen molar-refractivity contribution in [3.63, 3.8) is 0 Å². The number of fused-ring (bicyclic) bond motifs is 1. The van der Waals surface area contributed by atoms with Crippen LogP contribution in [0.15, 0.2) is 45.8 Å². The zero-order chi connectivity index (χ0) is 26.3. The van der Waals surface area contributed by atoms with Crippen molar-refractivity contribution in [1.82, 2.24) is 14.7 Å². The highest BCUT2D eigenvalue weighted by Crippen LogP contribution is 2.31. The van der Waals surface area contributed by atoms with Crippen LogP contribution in [0.4, 0.5) is 0 Å². The molecule has 1 aromatic carbocycles. The molecule has 1 aliphatic carbocycles. The van der Waals surface area contributed by atoms with Crippen LogP contribution in [0.25, 0.3) is 0 Å². The smallest absolute Gasteiger partial charge is 0.278 e. The number of nitrogens with zero attached hydrogens (tertiary/aromatic N) is 3. The second kappa shape index (κ2) is 10.3. The molecular weight excluding hydrogens is 508 g/mol. The van der Waals surface area contributed by atoms with E-state index in [4.69, 9.17) is 9.25 Å². The maximum absolute atomic E-state index is 13.4. The standard InChI is InChI=1S/C27H32N4O6S/c32-26-20-10-4-5-11-21(20)27(33)30(26)16-19-13-14-23(36-19)25-28-24(29-37-25)22-12-6-7-15-31(22)38(34,35)17-18-8-2-1-3-9-18/h4-5,10-11,13-14,18,22,24,29H,1-3,6-9,12,15-17H2/t22-,24?/m0/s1. The van der Waals surface area contributed by atoms with Gasteiger partial charge in [-0.15, -0.1) is 5.48 Å². The Morgan fingerprint density at radius 1 is 0.921 bits per heavy atom. The van der Waals surface area contributed by atoms with Gasteiger partial charge in [0.2, 0.25) is 10.0 Å². The molecule has 0 bridgehead atoms. The van der Waals surface area contributed by atoms with Crippen molar-refractivity contribution in [2.75, 3.05) is 12.3 Å². The first kappa shape index (κ1) is 25.3. The predicted octanol–water partition coefficient (Wildman–Crippen LogP) is 3.45. The quantitative estimate of drug-likeness (QED) is 0.534. The van der Waals surface area contributed by atoms with Crippen LogP contribution < -0.4 is 5.48 Å². The van der Waals surface area contributed by atoms with Crippen LogP contribution in [0.2, 0.25) is 0 Å². The first-order valence-electron chi connectivity index (χ1n) is 13.4. The minimum Gasteiger partial charge on any atom is -0.454 e. The van der Waals surface area contributed by atoms with E-state index in [1.54, 1.807) is 40.7 Å². The second-order valence-electron chi connectivity index (χ2n) is 10.6. The molecular formula is C27H32N4O6S. The maximum Gasteiger partial charge on any atom is 0.278 e. The van der Waals surface area contributed by atoms with E-state index in [9.17, 15) is 18.0 Å². The molecule has 4 aliphatic rings. The Balaban J connectivity index is 1.14. The van der Waals surface area contributed by atoms with Crippen molar-refractivity contribution >= 4 is 27.7 Å². The summed E-state index contributed by atoms with van der Waals surface area (Å²) in [7, 11) is -3.42. The van der Waals surface area contributed by atoms with Gasteiger partial charge in [-0.1, -0.05) is 37.8 Å². The Kier molecular flexibility index (Phi) is 6.83. The van der Waals surface area contributed by atoms with Gasteiger partial charge in [0.1, 0.15) is 5.76 Å². The molecule has 2 aromatic rings. The minimum atomic E-state index is -3.42. The molecule has 202 valence electrons. The monoisotopic (exact) mass is 540 g/mol. The largest absolute Gasteiger partial charge is 0.454 e. The van der Waals surface area contributed by atoms with Gasteiger partial charge in [0, 0.05) is 6.54 Å².